The summed E-state index contributed by atoms with van der Waals surface area (Å²) < 4.78 is 15.2. The number of aryl methyl sites for hydroxylation is 1. The number of pyridine rings is 1. The smallest absolute Gasteiger partial charge is 0.146 e. The lowest BCUT2D eigenvalue weighted by molar-refractivity contribution is 0.591. The minimum atomic E-state index is -0.275. The minimum absolute atomic E-state index is 0.275. The van der Waals surface area contributed by atoms with E-state index < -0.39 is 0 Å². The molecular weight excluding hydrogens is 193 g/mol. The lowest BCUT2D eigenvalue weighted by Gasteiger charge is -2.05. The molecule has 2 rings (SSSR count). The SMILES string of the molecule is Cc1ncn(Cc2ccncc2F)c1C. The molecule has 2 heterocycles. The number of nitrogens with zero attached hydrogens (tertiary/aromatic N) is 3. The summed E-state index contributed by atoms with van der Waals surface area (Å²) in [6, 6.07) is 1.68. The van der Waals surface area contributed by atoms with Crippen LogP contribution in [0.4, 0.5) is 4.39 Å². The number of hydrogen-bond acceptors (Lipinski definition) is 2. The van der Waals surface area contributed by atoms with Gasteiger partial charge in [0.15, 0.2) is 0 Å². The second kappa shape index (κ2) is 3.81. The zero-order valence-electron chi connectivity index (χ0n) is 8.74. The zero-order valence-corrected chi connectivity index (χ0v) is 8.74. The summed E-state index contributed by atoms with van der Waals surface area (Å²) in [4.78, 5) is 7.88. The van der Waals surface area contributed by atoms with Gasteiger partial charge in [-0.2, -0.15) is 0 Å². The predicted octanol–water partition coefficient (Wildman–Crippen LogP) is 2.08. The Morgan fingerprint density at radius 2 is 2.20 bits per heavy atom. The highest BCUT2D eigenvalue weighted by atomic mass is 19.1. The highest BCUT2D eigenvalue weighted by Gasteiger charge is 2.05. The summed E-state index contributed by atoms with van der Waals surface area (Å²) in [5, 5.41) is 0. The average molecular weight is 205 g/mol. The first kappa shape index (κ1) is 9.83. The van der Waals surface area contributed by atoms with E-state index in [9.17, 15) is 4.39 Å². The topological polar surface area (TPSA) is 30.7 Å². The van der Waals surface area contributed by atoms with Crippen LogP contribution in [0.15, 0.2) is 24.8 Å². The Labute approximate surface area is 87.6 Å². The van der Waals surface area contributed by atoms with Crippen LogP contribution in [-0.4, -0.2) is 14.5 Å². The number of halogens is 1. The molecule has 78 valence electrons. The standard InChI is InChI=1S/C11H12FN3/c1-8-9(2)15(7-14-8)6-10-3-4-13-5-11(10)12/h3-5,7H,6H2,1-2H3. The fraction of sp³-hybridized carbons (Fsp3) is 0.273. The van der Waals surface area contributed by atoms with Crippen molar-refractivity contribution in [1.82, 2.24) is 14.5 Å². The van der Waals surface area contributed by atoms with Crippen molar-refractivity contribution in [2.24, 2.45) is 0 Å². The fourth-order valence-electron chi connectivity index (χ4n) is 1.42. The summed E-state index contributed by atoms with van der Waals surface area (Å²) in [5.74, 6) is -0.275. The van der Waals surface area contributed by atoms with Crippen LogP contribution in [0, 0.1) is 19.7 Å². The molecule has 0 amide bonds. The largest absolute Gasteiger partial charge is 0.330 e. The Morgan fingerprint density at radius 1 is 1.40 bits per heavy atom. The van der Waals surface area contributed by atoms with E-state index in [4.69, 9.17) is 0 Å². The van der Waals surface area contributed by atoms with Gasteiger partial charge in [0.25, 0.3) is 0 Å². The van der Waals surface area contributed by atoms with Gasteiger partial charge in [-0.3, -0.25) is 4.98 Å². The third-order valence-electron chi connectivity index (χ3n) is 2.54. The monoisotopic (exact) mass is 205 g/mol. The highest BCUT2D eigenvalue weighted by molar-refractivity contribution is 5.16. The van der Waals surface area contributed by atoms with Gasteiger partial charge >= 0.3 is 0 Å². The second-order valence-corrected chi connectivity index (χ2v) is 3.51. The van der Waals surface area contributed by atoms with Crippen LogP contribution in [-0.2, 0) is 6.54 Å². The summed E-state index contributed by atoms with van der Waals surface area (Å²) in [6.45, 7) is 4.41. The summed E-state index contributed by atoms with van der Waals surface area (Å²) in [7, 11) is 0. The lowest BCUT2D eigenvalue weighted by Crippen LogP contribution is -2.03. The zero-order chi connectivity index (χ0) is 10.8. The maximum Gasteiger partial charge on any atom is 0.146 e. The van der Waals surface area contributed by atoms with Crippen LogP contribution in [0.2, 0.25) is 0 Å². The van der Waals surface area contributed by atoms with Gasteiger partial charge in [-0.1, -0.05) is 0 Å². The van der Waals surface area contributed by atoms with Crippen LogP contribution in [0.25, 0.3) is 0 Å². The van der Waals surface area contributed by atoms with E-state index in [-0.39, 0.29) is 5.82 Å². The molecule has 0 saturated carbocycles. The Kier molecular flexibility index (Phi) is 2.49. The molecule has 0 aromatic carbocycles. The Morgan fingerprint density at radius 3 is 2.80 bits per heavy atom. The molecule has 3 nitrogen and oxygen atoms in total. The van der Waals surface area contributed by atoms with E-state index in [0.29, 0.717) is 12.1 Å². The molecule has 0 aliphatic heterocycles. The van der Waals surface area contributed by atoms with Gasteiger partial charge in [0.05, 0.1) is 24.8 Å². The van der Waals surface area contributed by atoms with Gasteiger partial charge in [0, 0.05) is 17.5 Å². The first-order chi connectivity index (χ1) is 7.18. The van der Waals surface area contributed by atoms with Crippen molar-refractivity contribution in [3.63, 3.8) is 0 Å². The Bertz CT molecular complexity index is 476. The van der Waals surface area contributed by atoms with Gasteiger partial charge in [0.1, 0.15) is 5.82 Å². The van der Waals surface area contributed by atoms with E-state index >= 15 is 0 Å². The average Bonchev–Trinajstić information content (AvgIpc) is 2.53. The van der Waals surface area contributed by atoms with E-state index in [1.54, 1.807) is 18.6 Å². The lowest BCUT2D eigenvalue weighted by atomic mass is 10.2. The molecule has 0 N–H and O–H groups in total. The first-order valence-electron chi connectivity index (χ1n) is 4.75. The molecule has 0 unspecified atom stereocenters. The molecule has 0 fully saturated rings. The molecule has 2 aromatic rings. The molecule has 0 aliphatic carbocycles. The van der Waals surface area contributed by atoms with Gasteiger partial charge in [-0.05, 0) is 19.9 Å². The quantitative estimate of drug-likeness (QED) is 0.751. The van der Waals surface area contributed by atoms with Crippen molar-refractivity contribution in [3.8, 4) is 0 Å². The van der Waals surface area contributed by atoms with E-state index in [1.165, 1.54) is 6.20 Å². The molecule has 0 saturated heterocycles. The fourth-order valence-corrected chi connectivity index (χ4v) is 1.42. The van der Waals surface area contributed by atoms with Crippen LogP contribution in [0.5, 0.6) is 0 Å². The molecule has 0 aliphatic rings. The molecule has 0 spiro atoms. The van der Waals surface area contributed by atoms with Crippen molar-refractivity contribution in [1.29, 1.82) is 0 Å². The summed E-state index contributed by atoms with van der Waals surface area (Å²) in [6.07, 6.45) is 4.55. The van der Waals surface area contributed by atoms with Crippen LogP contribution in [0.3, 0.4) is 0 Å². The van der Waals surface area contributed by atoms with Gasteiger partial charge in [-0.25, -0.2) is 9.37 Å². The molecule has 0 radical (unpaired) electrons. The molecular formula is C11H12FN3. The molecule has 2 aromatic heterocycles. The summed E-state index contributed by atoms with van der Waals surface area (Å²) >= 11 is 0. The second-order valence-electron chi connectivity index (χ2n) is 3.51. The Hall–Kier alpha value is -1.71. The number of imidazole rings is 1. The van der Waals surface area contributed by atoms with E-state index in [2.05, 4.69) is 9.97 Å². The number of rotatable bonds is 2. The predicted molar refractivity (Wildman–Crippen MR) is 55.0 cm³/mol. The number of hydrogen-bond donors (Lipinski definition) is 0. The molecule has 4 heteroatoms. The van der Waals surface area contributed by atoms with Crippen molar-refractivity contribution in [3.05, 3.63) is 47.6 Å². The van der Waals surface area contributed by atoms with Gasteiger partial charge in [-0.15, -0.1) is 0 Å². The Balaban J connectivity index is 2.30. The van der Waals surface area contributed by atoms with Crippen LogP contribution < -0.4 is 0 Å². The van der Waals surface area contributed by atoms with Crippen molar-refractivity contribution in [2.45, 2.75) is 20.4 Å². The van der Waals surface area contributed by atoms with Crippen molar-refractivity contribution < 1.29 is 4.39 Å². The van der Waals surface area contributed by atoms with Gasteiger partial charge < -0.3 is 4.57 Å². The van der Waals surface area contributed by atoms with Crippen molar-refractivity contribution in [2.75, 3.05) is 0 Å². The van der Waals surface area contributed by atoms with E-state index in [1.807, 2.05) is 18.4 Å². The van der Waals surface area contributed by atoms with Crippen LogP contribution >= 0.6 is 0 Å². The molecule has 15 heavy (non-hydrogen) atoms. The highest BCUT2D eigenvalue weighted by Crippen LogP contribution is 2.10. The maximum absolute atomic E-state index is 13.3. The molecule has 0 bridgehead atoms. The third-order valence-corrected chi connectivity index (χ3v) is 2.54. The van der Waals surface area contributed by atoms with Crippen molar-refractivity contribution >= 4 is 0 Å². The third kappa shape index (κ3) is 1.88. The van der Waals surface area contributed by atoms with Gasteiger partial charge in [0.2, 0.25) is 0 Å². The minimum Gasteiger partial charge on any atom is -0.330 e. The summed E-state index contributed by atoms with van der Waals surface area (Å²) in [5.41, 5.74) is 2.67. The number of aromatic nitrogens is 3. The molecule has 0 atom stereocenters. The van der Waals surface area contributed by atoms with E-state index in [0.717, 1.165) is 11.4 Å². The van der Waals surface area contributed by atoms with Crippen LogP contribution in [0.1, 0.15) is 17.0 Å². The maximum atomic E-state index is 13.3. The normalized spacial score (nSPS) is 10.6. The first-order valence-corrected chi connectivity index (χ1v) is 4.75.